The van der Waals surface area contributed by atoms with Crippen molar-refractivity contribution in [2.75, 3.05) is 5.32 Å². The van der Waals surface area contributed by atoms with Crippen LogP contribution in [0.4, 0.5) is 9.93 Å². The van der Waals surface area contributed by atoms with Crippen LogP contribution in [0, 0.1) is 9.87 Å². The molecule has 116 valence electrons. The number of nitrogens with two attached hydrogens (primary N) is 1. The number of aromatic amines is 1. The van der Waals surface area contributed by atoms with E-state index in [-0.39, 0.29) is 0 Å². The molecule has 1 aromatic heterocycles. The highest BCUT2D eigenvalue weighted by atomic mass is 32.1. The summed E-state index contributed by atoms with van der Waals surface area (Å²) in [5.74, 6) is -0.0386. The van der Waals surface area contributed by atoms with Crippen molar-refractivity contribution < 1.29 is 14.3 Å². The molecule has 9 heteroatoms. The van der Waals surface area contributed by atoms with Crippen LogP contribution in [0.25, 0.3) is 0 Å². The molecule has 1 aromatic rings. The monoisotopic (exact) mass is 330 g/mol. The predicted octanol–water partition coefficient (Wildman–Crippen LogP) is 2.57. The Balaban J connectivity index is 1.98. The molecule has 0 saturated heterocycles. The smallest absolute Gasteiger partial charge is 0.405 e. The third-order valence-corrected chi connectivity index (χ3v) is 4.50. The first kappa shape index (κ1) is 15.9. The third kappa shape index (κ3) is 5.09. The maximum absolute atomic E-state index is 12.2. The number of hydrogen-bond acceptors (Lipinski definition) is 6. The molecule has 1 heterocycles. The van der Waals surface area contributed by atoms with Crippen molar-refractivity contribution >= 4 is 40.7 Å². The Kier molecular flexibility index (Phi) is 5.68. The second kappa shape index (κ2) is 7.51. The first-order chi connectivity index (χ1) is 10.0. The van der Waals surface area contributed by atoms with E-state index in [0.29, 0.717) is 21.4 Å². The number of nitrogens with one attached hydrogen (secondary N) is 2. The Bertz CT molecular complexity index is 551. The normalized spacial score (nSPS) is 17.1. The van der Waals surface area contributed by atoms with Gasteiger partial charge >= 0.3 is 6.09 Å². The number of ether oxygens (including phenoxy) is 1. The van der Waals surface area contributed by atoms with Crippen molar-refractivity contribution in [2.45, 2.75) is 44.6 Å². The molecule has 1 atom stereocenters. The summed E-state index contributed by atoms with van der Waals surface area (Å²) in [6.07, 6.45) is 4.28. The highest BCUT2D eigenvalue weighted by Crippen LogP contribution is 2.28. The van der Waals surface area contributed by atoms with E-state index in [9.17, 15) is 9.59 Å². The SMILES string of the molecule is NC(=O)OC(CC1CCCCC1)C(=O)Nc1n[nH]c(=S)s1. The minimum absolute atomic E-state index is 0.353. The summed E-state index contributed by atoms with van der Waals surface area (Å²) >= 11 is 6.04. The summed E-state index contributed by atoms with van der Waals surface area (Å²) < 4.78 is 5.42. The number of rotatable bonds is 5. The van der Waals surface area contributed by atoms with Gasteiger partial charge in [-0.1, -0.05) is 43.4 Å². The Morgan fingerprint density at radius 2 is 2.19 bits per heavy atom. The molecule has 1 saturated carbocycles. The zero-order chi connectivity index (χ0) is 15.2. The lowest BCUT2D eigenvalue weighted by Crippen LogP contribution is -2.36. The lowest BCUT2D eigenvalue weighted by Gasteiger charge is -2.25. The largest absolute Gasteiger partial charge is 0.436 e. The van der Waals surface area contributed by atoms with E-state index in [1.807, 2.05) is 0 Å². The molecule has 1 unspecified atom stereocenters. The fourth-order valence-corrected chi connectivity index (χ4v) is 3.34. The molecule has 2 rings (SSSR count). The molecule has 1 aliphatic rings. The number of carbonyl (C=O) groups is 2. The van der Waals surface area contributed by atoms with Crippen LogP contribution >= 0.6 is 23.6 Å². The molecule has 0 radical (unpaired) electrons. The highest BCUT2D eigenvalue weighted by Gasteiger charge is 2.27. The average Bonchev–Trinajstić information content (AvgIpc) is 2.84. The maximum Gasteiger partial charge on any atom is 0.405 e. The van der Waals surface area contributed by atoms with E-state index in [2.05, 4.69) is 15.5 Å². The predicted molar refractivity (Wildman–Crippen MR) is 81.6 cm³/mol. The van der Waals surface area contributed by atoms with E-state index in [4.69, 9.17) is 22.7 Å². The Morgan fingerprint density at radius 1 is 1.48 bits per heavy atom. The number of carbonyl (C=O) groups excluding carboxylic acids is 2. The second-order valence-corrected chi connectivity index (χ2v) is 6.74. The van der Waals surface area contributed by atoms with Crippen molar-refractivity contribution in [3.63, 3.8) is 0 Å². The van der Waals surface area contributed by atoms with Crippen molar-refractivity contribution in [1.29, 1.82) is 0 Å². The number of anilines is 1. The van der Waals surface area contributed by atoms with Crippen molar-refractivity contribution in [1.82, 2.24) is 10.2 Å². The molecule has 0 bridgehead atoms. The van der Waals surface area contributed by atoms with Crippen LogP contribution in [-0.2, 0) is 9.53 Å². The molecule has 1 fully saturated rings. The first-order valence-electron chi connectivity index (χ1n) is 6.87. The number of H-pyrrole nitrogens is 1. The summed E-state index contributed by atoms with van der Waals surface area (Å²) in [6.45, 7) is 0. The van der Waals surface area contributed by atoms with Gasteiger partial charge in [-0.2, -0.15) is 0 Å². The van der Waals surface area contributed by atoms with Crippen LogP contribution < -0.4 is 11.1 Å². The van der Waals surface area contributed by atoms with Gasteiger partial charge in [0.2, 0.25) is 5.13 Å². The topological polar surface area (TPSA) is 110 Å². The minimum atomic E-state index is -0.944. The van der Waals surface area contributed by atoms with Gasteiger partial charge < -0.3 is 10.5 Å². The van der Waals surface area contributed by atoms with Crippen LogP contribution in [0.5, 0.6) is 0 Å². The summed E-state index contributed by atoms with van der Waals surface area (Å²) in [6, 6.07) is 0. The van der Waals surface area contributed by atoms with Gasteiger partial charge in [0.1, 0.15) is 0 Å². The van der Waals surface area contributed by atoms with Crippen LogP contribution in [-0.4, -0.2) is 28.3 Å². The molecule has 0 spiro atoms. The van der Waals surface area contributed by atoms with Gasteiger partial charge in [-0.15, -0.1) is 5.10 Å². The van der Waals surface area contributed by atoms with Gasteiger partial charge in [-0.25, -0.2) is 4.79 Å². The summed E-state index contributed by atoms with van der Waals surface area (Å²) in [5, 5.41) is 9.37. The van der Waals surface area contributed by atoms with Crippen molar-refractivity contribution in [2.24, 2.45) is 11.7 Å². The fraction of sp³-hybridized carbons (Fsp3) is 0.667. The van der Waals surface area contributed by atoms with Gasteiger partial charge in [0.15, 0.2) is 10.1 Å². The maximum atomic E-state index is 12.2. The minimum Gasteiger partial charge on any atom is -0.436 e. The standard InChI is InChI=1S/C12H18N4O3S2/c13-10(18)19-8(6-7-4-2-1-3-5-7)9(17)14-11-15-16-12(20)21-11/h7-8H,1-6H2,(H2,13,18)(H,16,20)(H,14,15,17). The number of aromatic nitrogens is 2. The van der Waals surface area contributed by atoms with Crippen molar-refractivity contribution in [3.8, 4) is 0 Å². The summed E-state index contributed by atoms with van der Waals surface area (Å²) in [4.78, 5) is 23.2. The fourth-order valence-electron chi connectivity index (χ4n) is 2.54. The molecule has 0 aliphatic heterocycles. The van der Waals surface area contributed by atoms with Crippen LogP contribution in [0.15, 0.2) is 0 Å². The molecule has 1 aliphatic carbocycles. The van der Waals surface area contributed by atoms with Gasteiger partial charge in [-0.05, 0) is 24.6 Å². The Morgan fingerprint density at radius 3 is 2.76 bits per heavy atom. The van der Waals surface area contributed by atoms with Gasteiger partial charge in [0.05, 0.1) is 0 Å². The van der Waals surface area contributed by atoms with E-state index >= 15 is 0 Å². The molecule has 21 heavy (non-hydrogen) atoms. The Labute approximate surface area is 131 Å². The molecular weight excluding hydrogens is 312 g/mol. The molecule has 2 amide bonds. The van der Waals surface area contributed by atoms with E-state index in [0.717, 1.165) is 37.0 Å². The molecule has 7 nitrogen and oxygen atoms in total. The van der Waals surface area contributed by atoms with Crippen molar-refractivity contribution in [3.05, 3.63) is 3.95 Å². The zero-order valence-corrected chi connectivity index (χ0v) is 13.1. The lowest BCUT2D eigenvalue weighted by atomic mass is 9.85. The van der Waals surface area contributed by atoms with Crippen LogP contribution in [0.1, 0.15) is 38.5 Å². The summed E-state index contributed by atoms with van der Waals surface area (Å²) in [5.41, 5.74) is 5.06. The van der Waals surface area contributed by atoms with Crippen LogP contribution in [0.3, 0.4) is 0 Å². The van der Waals surface area contributed by atoms with E-state index < -0.39 is 18.1 Å². The number of amides is 2. The van der Waals surface area contributed by atoms with Gasteiger partial charge in [0.25, 0.3) is 5.91 Å². The molecular formula is C12H18N4O3S2. The van der Waals surface area contributed by atoms with E-state index in [1.54, 1.807) is 0 Å². The number of hydrogen-bond donors (Lipinski definition) is 3. The Hall–Kier alpha value is -1.48. The third-order valence-electron chi connectivity index (χ3n) is 3.49. The van der Waals surface area contributed by atoms with Gasteiger partial charge in [-0.3, -0.25) is 15.2 Å². The first-order valence-corrected chi connectivity index (χ1v) is 8.09. The quantitative estimate of drug-likeness (QED) is 0.719. The summed E-state index contributed by atoms with van der Waals surface area (Å²) in [7, 11) is 0. The second-order valence-electron chi connectivity index (χ2n) is 5.07. The van der Waals surface area contributed by atoms with E-state index in [1.165, 1.54) is 6.42 Å². The number of primary amides is 1. The zero-order valence-electron chi connectivity index (χ0n) is 11.5. The van der Waals surface area contributed by atoms with Crippen LogP contribution in [0.2, 0.25) is 0 Å². The molecule has 0 aromatic carbocycles. The highest BCUT2D eigenvalue weighted by molar-refractivity contribution is 7.73. The lowest BCUT2D eigenvalue weighted by molar-refractivity contribution is -0.125. The molecule has 4 N–H and O–H groups in total. The number of nitrogens with zero attached hydrogens (tertiary/aromatic N) is 1. The average molecular weight is 330 g/mol. The van der Waals surface area contributed by atoms with Gasteiger partial charge in [0, 0.05) is 0 Å².